The Morgan fingerprint density at radius 3 is 2.71 bits per heavy atom. The van der Waals surface area contributed by atoms with Crippen molar-refractivity contribution in [1.29, 1.82) is 0 Å². The van der Waals surface area contributed by atoms with Gasteiger partial charge in [-0.1, -0.05) is 11.5 Å². The van der Waals surface area contributed by atoms with Crippen LogP contribution in [-0.4, -0.2) is 32.7 Å². The number of nitrogens with zero attached hydrogens (tertiary/aromatic N) is 2. The summed E-state index contributed by atoms with van der Waals surface area (Å²) < 4.78 is 0. The van der Waals surface area contributed by atoms with Crippen LogP contribution in [0.5, 0.6) is 0 Å². The molecule has 1 rings (SSSR count). The van der Waals surface area contributed by atoms with Crippen molar-refractivity contribution in [3.05, 3.63) is 21.4 Å². The largest absolute Gasteiger partial charge is 0.396 e. The molecule has 0 fully saturated rings. The lowest BCUT2D eigenvalue weighted by Crippen LogP contribution is -2.14. The molecule has 0 aliphatic carbocycles. The highest BCUT2D eigenvalue weighted by Crippen LogP contribution is 2.19. The number of rotatable bonds is 7. The molecule has 0 aliphatic heterocycles. The third kappa shape index (κ3) is 3.25. The van der Waals surface area contributed by atoms with E-state index in [-0.39, 0.29) is 12.2 Å². The van der Waals surface area contributed by atoms with E-state index in [9.17, 15) is 14.9 Å². The minimum Gasteiger partial charge on any atom is -0.396 e. The number of primary amides is 1. The molecular weight excluding hydrogens is 228 g/mol. The minimum absolute atomic E-state index is 0.101. The van der Waals surface area contributed by atoms with Crippen LogP contribution < -0.4 is 5.73 Å². The molecule has 0 radical (unpaired) electrons. The molecular formula is C9H14N4O4. The number of carbonyl (C=O) groups excluding carboxylic acids is 1. The number of aliphatic hydroxyl groups excluding tert-OH is 1. The molecule has 0 spiro atoms. The predicted octanol–water partition coefficient (Wildman–Crippen LogP) is 0.122. The summed E-state index contributed by atoms with van der Waals surface area (Å²) in [5, 5.41) is 25.1. The smallest absolute Gasteiger partial charge is 0.355 e. The summed E-state index contributed by atoms with van der Waals surface area (Å²) in [7, 11) is 0. The highest BCUT2D eigenvalue weighted by atomic mass is 16.6. The van der Waals surface area contributed by atoms with Crippen molar-refractivity contribution in [1.82, 2.24) is 10.2 Å². The van der Waals surface area contributed by atoms with Crippen LogP contribution in [0.1, 0.15) is 35.3 Å². The lowest BCUT2D eigenvalue weighted by atomic mass is 10.1. The second kappa shape index (κ2) is 5.94. The van der Waals surface area contributed by atoms with Gasteiger partial charge in [-0.2, -0.15) is 0 Å². The van der Waals surface area contributed by atoms with Crippen LogP contribution in [0.4, 0.5) is 5.82 Å². The number of aliphatic hydroxyl groups is 1. The topological polar surface area (TPSA) is 135 Å². The average molecular weight is 242 g/mol. The summed E-state index contributed by atoms with van der Waals surface area (Å²) in [6.45, 7) is 0.101. The Morgan fingerprint density at radius 2 is 2.18 bits per heavy atom. The molecule has 4 N–H and O–H groups in total. The molecule has 0 atom stereocenters. The first-order chi connectivity index (χ1) is 8.07. The second-order valence-corrected chi connectivity index (χ2v) is 3.55. The van der Waals surface area contributed by atoms with Gasteiger partial charge in [0.1, 0.15) is 5.69 Å². The van der Waals surface area contributed by atoms with Gasteiger partial charge < -0.3 is 21.0 Å². The molecule has 0 saturated heterocycles. The monoisotopic (exact) mass is 242 g/mol. The third-order valence-corrected chi connectivity index (χ3v) is 2.32. The molecule has 8 nitrogen and oxygen atoms in total. The summed E-state index contributed by atoms with van der Waals surface area (Å²) in [5.41, 5.74) is 5.24. The Bertz CT molecular complexity index is 415. The zero-order valence-electron chi connectivity index (χ0n) is 9.18. The number of nitrogens with one attached hydrogen (secondary N) is 1. The van der Waals surface area contributed by atoms with Crippen LogP contribution in [0.3, 0.4) is 0 Å². The number of amides is 1. The van der Waals surface area contributed by atoms with Crippen molar-refractivity contribution < 1.29 is 14.8 Å². The first-order valence-corrected chi connectivity index (χ1v) is 5.20. The maximum absolute atomic E-state index is 11.1. The van der Waals surface area contributed by atoms with Crippen LogP contribution in [0.15, 0.2) is 0 Å². The summed E-state index contributed by atoms with van der Waals surface area (Å²) in [6.07, 6.45) is 2.51. The van der Waals surface area contributed by atoms with E-state index in [4.69, 9.17) is 10.8 Å². The third-order valence-electron chi connectivity index (χ3n) is 2.32. The molecule has 0 bridgehead atoms. The maximum Gasteiger partial charge on any atom is 0.355 e. The van der Waals surface area contributed by atoms with Crippen molar-refractivity contribution in [3.8, 4) is 0 Å². The zero-order chi connectivity index (χ0) is 12.8. The normalized spacial score (nSPS) is 10.4. The molecule has 1 aromatic rings. The van der Waals surface area contributed by atoms with Crippen molar-refractivity contribution >= 4 is 11.7 Å². The average Bonchev–Trinajstić information content (AvgIpc) is 2.68. The number of hydrogen-bond donors (Lipinski definition) is 3. The summed E-state index contributed by atoms with van der Waals surface area (Å²) in [5.74, 6) is -1.32. The van der Waals surface area contributed by atoms with E-state index in [1.165, 1.54) is 0 Å². The predicted molar refractivity (Wildman–Crippen MR) is 58.4 cm³/mol. The standard InChI is InChI=1S/C9H14N4O4/c10-8(15)7-6(4-2-1-3-5-14)11-12-9(7)13(16)17/h14H,1-5H2,(H2,10,15)(H,11,12). The highest BCUT2D eigenvalue weighted by molar-refractivity contribution is 5.97. The van der Waals surface area contributed by atoms with Crippen molar-refractivity contribution in [2.75, 3.05) is 6.61 Å². The van der Waals surface area contributed by atoms with Crippen LogP contribution in [0.2, 0.25) is 0 Å². The summed E-state index contributed by atoms with van der Waals surface area (Å²) in [4.78, 5) is 21.0. The molecule has 1 heterocycles. The van der Waals surface area contributed by atoms with Crippen molar-refractivity contribution in [2.24, 2.45) is 5.73 Å². The molecule has 0 aliphatic rings. The summed E-state index contributed by atoms with van der Waals surface area (Å²) >= 11 is 0. The van der Waals surface area contributed by atoms with Crippen LogP contribution in [0, 0.1) is 10.1 Å². The van der Waals surface area contributed by atoms with Crippen LogP contribution >= 0.6 is 0 Å². The van der Waals surface area contributed by atoms with E-state index >= 15 is 0 Å². The van der Waals surface area contributed by atoms with Crippen molar-refractivity contribution in [3.63, 3.8) is 0 Å². The first kappa shape index (κ1) is 13.1. The quantitative estimate of drug-likeness (QED) is 0.354. The van der Waals surface area contributed by atoms with Gasteiger partial charge in [-0.05, 0) is 24.2 Å². The fourth-order valence-corrected chi connectivity index (χ4v) is 1.52. The SMILES string of the molecule is NC(=O)c1c(CCCCCO)n[nH]c1[N+](=O)[O-]. The van der Waals surface area contributed by atoms with E-state index in [0.29, 0.717) is 25.0 Å². The number of hydrogen-bond acceptors (Lipinski definition) is 5. The Hall–Kier alpha value is -1.96. The number of nitro groups is 1. The molecule has 1 aromatic heterocycles. The zero-order valence-corrected chi connectivity index (χ0v) is 9.18. The fraction of sp³-hybridized carbons (Fsp3) is 0.556. The molecule has 1 amide bonds. The van der Waals surface area contributed by atoms with E-state index in [1.54, 1.807) is 0 Å². The Labute approximate surface area is 97.0 Å². The van der Waals surface area contributed by atoms with Gasteiger partial charge in [-0.15, -0.1) is 5.10 Å². The number of nitrogens with two attached hydrogens (primary N) is 1. The van der Waals surface area contributed by atoms with Gasteiger partial charge in [0.2, 0.25) is 0 Å². The van der Waals surface area contributed by atoms with Gasteiger partial charge in [0.25, 0.3) is 5.91 Å². The number of aryl methyl sites for hydroxylation is 1. The van der Waals surface area contributed by atoms with Gasteiger partial charge >= 0.3 is 5.82 Å². The van der Waals surface area contributed by atoms with E-state index in [1.807, 2.05) is 0 Å². The molecule has 0 saturated carbocycles. The number of unbranched alkanes of at least 4 members (excludes halogenated alkanes) is 2. The Kier molecular flexibility index (Phi) is 4.58. The lowest BCUT2D eigenvalue weighted by molar-refractivity contribution is -0.389. The van der Waals surface area contributed by atoms with Gasteiger partial charge in [-0.3, -0.25) is 4.79 Å². The molecule has 0 aromatic carbocycles. The number of aromatic nitrogens is 2. The number of carbonyl (C=O) groups is 1. The van der Waals surface area contributed by atoms with Crippen molar-refractivity contribution in [2.45, 2.75) is 25.7 Å². The highest BCUT2D eigenvalue weighted by Gasteiger charge is 2.25. The molecule has 94 valence electrons. The lowest BCUT2D eigenvalue weighted by Gasteiger charge is -1.98. The maximum atomic E-state index is 11.1. The van der Waals surface area contributed by atoms with E-state index in [2.05, 4.69) is 10.2 Å². The number of aromatic amines is 1. The molecule has 8 heteroatoms. The Balaban J connectivity index is 2.78. The molecule has 0 unspecified atom stereocenters. The van der Waals surface area contributed by atoms with Gasteiger partial charge in [-0.25, -0.2) is 0 Å². The van der Waals surface area contributed by atoms with Crippen LogP contribution in [0.25, 0.3) is 0 Å². The number of H-pyrrole nitrogens is 1. The van der Waals surface area contributed by atoms with Gasteiger partial charge in [0.15, 0.2) is 5.56 Å². The first-order valence-electron chi connectivity index (χ1n) is 5.20. The van der Waals surface area contributed by atoms with E-state index < -0.39 is 16.6 Å². The Morgan fingerprint density at radius 1 is 1.47 bits per heavy atom. The van der Waals surface area contributed by atoms with Gasteiger partial charge in [0, 0.05) is 6.61 Å². The van der Waals surface area contributed by atoms with Gasteiger partial charge in [0.05, 0.1) is 0 Å². The van der Waals surface area contributed by atoms with Crippen LogP contribution in [-0.2, 0) is 6.42 Å². The second-order valence-electron chi connectivity index (χ2n) is 3.55. The van der Waals surface area contributed by atoms with E-state index in [0.717, 1.165) is 6.42 Å². The molecule has 17 heavy (non-hydrogen) atoms. The summed E-state index contributed by atoms with van der Waals surface area (Å²) in [6, 6.07) is 0. The minimum atomic E-state index is -0.859. The fourth-order valence-electron chi connectivity index (χ4n) is 1.52.